The Hall–Kier alpha value is -1.55. The summed E-state index contributed by atoms with van der Waals surface area (Å²) in [7, 11) is 1.81. The van der Waals surface area contributed by atoms with Crippen molar-refractivity contribution in [3.63, 3.8) is 0 Å². The molecular formula is C13H13ClFN3. The van der Waals surface area contributed by atoms with Crippen LogP contribution in [0.25, 0.3) is 11.1 Å². The number of hydrogen-bond acceptors (Lipinski definition) is 2. The predicted octanol–water partition coefficient (Wildman–Crippen LogP) is 3.34. The molecule has 2 aromatic rings. The lowest BCUT2D eigenvalue weighted by Gasteiger charge is -2.06. The molecule has 2 N–H and O–H groups in total. The molecule has 1 saturated carbocycles. The van der Waals surface area contributed by atoms with E-state index >= 15 is 0 Å². The zero-order valence-corrected chi connectivity index (χ0v) is 10.7. The largest absolute Gasteiger partial charge is 0.383 e. The lowest BCUT2D eigenvalue weighted by atomic mass is 10.0. The Morgan fingerprint density at radius 3 is 2.78 bits per heavy atom. The van der Waals surface area contributed by atoms with Crippen molar-refractivity contribution in [2.45, 2.75) is 18.8 Å². The maximum absolute atomic E-state index is 13.1. The number of nitrogens with zero attached hydrogens (tertiary/aromatic N) is 2. The second-order valence-electron chi connectivity index (χ2n) is 4.67. The highest BCUT2D eigenvalue weighted by Gasteiger charge is 2.31. The van der Waals surface area contributed by atoms with Crippen molar-refractivity contribution in [2.24, 2.45) is 7.05 Å². The smallest absolute Gasteiger partial charge is 0.129 e. The van der Waals surface area contributed by atoms with Crippen LogP contribution in [0.15, 0.2) is 18.2 Å². The minimum Gasteiger partial charge on any atom is -0.383 e. The third-order valence-corrected chi connectivity index (χ3v) is 3.60. The zero-order chi connectivity index (χ0) is 12.9. The fourth-order valence-corrected chi connectivity index (χ4v) is 2.43. The van der Waals surface area contributed by atoms with Crippen LogP contribution >= 0.6 is 11.6 Å². The summed E-state index contributed by atoms with van der Waals surface area (Å²) in [6.07, 6.45) is 2.25. The number of aromatic nitrogens is 2. The second kappa shape index (κ2) is 3.99. The third kappa shape index (κ3) is 1.77. The van der Waals surface area contributed by atoms with Crippen LogP contribution in [-0.4, -0.2) is 9.78 Å². The third-order valence-electron chi connectivity index (χ3n) is 3.28. The van der Waals surface area contributed by atoms with E-state index in [4.69, 9.17) is 17.3 Å². The predicted molar refractivity (Wildman–Crippen MR) is 70.0 cm³/mol. The number of benzene rings is 1. The van der Waals surface area contributed by atoms with Gasteiger partial charge in [-0.25, -0.2) is 4.39 Å². The van der Waals surface area contributed by atoms with Gasteiger partial charge in [-0.2, -0.15) is 5.10 Å². The Kier molecular flexibility index (Phi) is 2.55. The van der Waals surface area contributed by atoms with Crippen molar-refractivity contribution < 1.29 is 4.39 Å². The number of nitrogens with two attached hydrogens (primary N) is 1. The van der Waals surface area contributed by atoms with Crippen molar-refractivity contribution in [2.75, 3.05) is 5.73 Å². The van der Waals surface area contributed by atoms with E-state index < -0.39 is 0 Å². The van der Waals surface area contributed by atoms with Crippen LogP contribution < -0.4 is 5.73 Å². The van der Waals surface area contributed by atoms with Crippen LogP contribution in [0.1, 0.15) is 24.5 Å². The molecule has 0 bridgehead atoms. The van der Waals surface area contributed by atoms with Gasteiger partial charge in [0.2, 0.25) is 0 Å². The van der Waals surface area contributed by atoms with Crippen molar-refractivity contribution in [1.82, 2.24) is 9.78 Å². The fraction of sp³-hybridized carbons (Fsp3) is 0.308. The number of hydrogen-bond donors (Lipinski definition) is 1. The van der Waals surface area contributed by atoms with E-state index in [1.165, 1.54) is 12.1 Å². The number of halogens is 2. The van der Waals surface area contributed by atoms with Crippen molar-refractivity contribution in [3.05, 3.63) is 34.7 Å². The Bertz CT molecular complexity index is 617. The average molecular weight is 266 g/mol. The second-order valence-corrected chi connectivity index (χ2v) is 5.07. The average Bonchev–Trinajstić information content (AvgIpc) is 3.10. The van der Waals surface area contributed by atoms with E-state index in [0.29, 0.717) is 16.8 Å². The highest BCUT2D eigenvalue weighted by molar-refractivity contribution is 6.33. The number of anilines is 1. The first-order valence-electron chi connectivity index (χ1n) is 5.85. The highest BCUT2D eigenvalue weighted by atomic mass is 35.5. The lowest BCUT2D eigenvalue weighted by molar-refractivity contribution is 0.628. The van der Waals surface area contributed by atoms with Crippen molar-refractivity contribution in [1.29, 1.82) is 0 Å². The Balaban J connectivity index is 2.21. The molecule has 0 atom stereocenters. The molecule has 1 heterocycles. The van der Waals surface area contributed by atoms with Crippen LogP contribution in [0.3, 0.4) is 0 Å². The molecule has 1 aromatic heterocycles. The summed E-state index contributed by atoms with van der Waals surface area (Å²) in [4.78, 5) is 0. The minimum atomic E-state index is -0.348. The van der Waals surface area contributed by atoms with Gasteiger partial charge >= 0.3 is 0 Å². The van der Waals surface area contributed by atoms with E-state index in [2.05, 4.69) is 5.10 Å². The number of aryl methyl sites for hydroxylation is 1. The summed E-state index contributed by atoms with van der Waals surface area (Å²) >= 11 is 6.11. The molecule has 0 spiro atoms. The minimum absolute atomic E-state index is 0.348. The highest BCUT2D eigenvalue weighted by Crippen LogP contribution is 2.46. The molecule has 1 aliphatic carbocycles. The molecule has 0 aliphatic heterocycles. The van der Waals surface area contributed by atoms with Gasteiger partial charge in [0.15, 0.2) is 0 Å². The van der Waals surface area contributed by atoms with Gasteiger partial charge in [0.25, 0.3) is 0 Å². The summed E-state index contributed by atoms with van der Waals surface area (Å²) < 4.78 is 14.8. The summed E-state index contributed by atoms with van der Waals surface area (Å²) in [5, 5.41) is 4.82. The summed E-state index contributed by atoms with van der Waals surface area (Å²) in [5.74, 6) is 0.689. The molecule has 0 radical (unpaired) electrons. The lowest BCUT2D eigenvalue weighted by Crippen LogP contribution is -1.98. The molecule has 1 fully saturated rings. The van der Waals surface area contributed by atoms with Crippen molar-refractivity contribution >= 4 is 17.4 Å². The van der Waals surface area contributed by atoms with Crippen LogP contribution in [0, 0.1) is 5.82 Å². The van der Waals surface area contributed by atoms with Gasteiger partial charge in [0.1, 0.15) is 11.6 Å². The zero-order valence-electron chi connectivity index (χ0n) is 9.95. The van der Waals surface area contributed by atoms with Crippen LogP contribution in [0.2, 0.25) is 5.02 Å². The maximum Gasteiger partial charge on any atom is 0.129 e. The van der Waals surface area contributed by atoms with Crippen LogP contribution in [0.4, 0.5) is 10.2 Å². The monoisotopic (exact) mass is 265 g/mol. The molecule has 0 amide bonds. The van der Waals surface area contributed by atoms with Gasteiger partial charge < -0.3 is 5.73 Å². The van der Waals surface area contributed by atoms with E-state index in [-0.39, 0.29) is 5.82 Å². The summed E-state index contributed by atoms with van der Waals surface area (Å²) in [5.41, 5.74) is 8.64. The quantitative estimate of drug-likeness (QED) is 0.905. The van der Waals surface area contributed by atoms with Gasteiger partial charge in [-0.15, -0.1) is 0 Å². The van der Waals surface area contributed by atoms with Crippen LogP contribution in [0.5, 0.6) is 0 Å². The Labute approximate surface area is 109 Å². The normalized spacial score (nSPS) is 15.1. The number of nitrogen functional groups attached to an aromatic ring is 1. The molecular weight excluding hydrogens is 253 g/mol. The first kappa shape index (κ1) is 11.5. The van der Waals surface area contributed by atoms with Gasteiger partial charge in [-0.05, 0) is 31.0 Å². The summed E-state index contributed by atoms with van der Waals surface area (Å²) in [6, 6.07) is 4.36. The first-order valence-corrected chi connectivity index (χ1v) is 6.23. The van der Waals surface area contributed by atoms with E-state index in [1.807, 2.05) is 7.05 Å². The topological polar surface area (TPSA) is 43.8 Å². The van der Waals surface area contributed by atoms with Crippen LogP contribution in [-0.2, 0) is 7.05 Å². The Morgan fingerprint density at radius 1 is 1.44 bits per heavy atom. The first-order chi connectivity index (χ1) is 8.58. The molecule has 1 aliphatic rings. The maximum atomic E-state index is 13.1. The van der Waals surface area contributed by atoms with E-state index in [1.54, 1.807) is 10.7 Å². The molecule has 3 rings (SSSR count). The van der Waals surface area contributed by atoms with E-state index in [0.717, 1.165) is 29.7 Å². The number of rotatable bonds is 2. The molecule has 94 valence electrons. The molecule has 3 nitrogen and oxygen atoms in total. The Morgan fingerprint density at radius 2 is 2.17 bits per heavy atom. The molecule has 5 heteroatoms. The van der Waals surface area contributed by atoms with Crippen molar-refractivity contribution in [3.8, 4) is 11.1 Å². The molecule has 18 heavy (non-hydrogen) atoms. The van der Waals surface area contributed by atoms with Gasteiger partial charge in [0, 0.05) is 24.1 Å². The SMILES string of the molecule is Cn1nc(C2CC2)c(-c2ccc(F)cc2Cl)c1N. The standard InChI is InChI=1S/C13H13ClFN3/c1-18-13(16)11(12(17-18)7-2-3-7)9-5-4-8(15)6-10(9)14/h4-7H,2-3,16H2,1H3. The van der Waals surface area contributed by atoms with Gasteiger partial charge in [0.05, 0.1) is 10.7 Å². The van der Waals surface area contributed by atoms with E-state index in [9.17, 15) is 4.39 Å². The van der Waals surface area contributed by atoms with Gasteiger partial charge in [-0.3, -0.25) is 4.68 Å². The molecule has 0 unspecified atom stereocenters. The molecule has 1 aromatic carbocycles. The van der Waals surface area contributed by atoms with Gasteiger partial charge in [-0.1, -0.05) is 11.6 Å². The fourth-order valence-electron chi connectivity index (χ4n) is 2.17. The summed E-state index contributed by atoms with van der Waals surface area (Å²) in [6.45, 7) is 0. The molecule has 0 saturated heterocycles.